The first-order valence-corrected chi connectivity index (χ1v) is 12.3. The van der Waals surface area contributed by atoms with Gasteiger partial charge >= 0.3 is 0 Å². The molecule has 2 aromatic rings. The molecular weight excluding hydrogens is 392 g/mol. The van der Waals surface area contributed by atoms with E-state index in [0.29, 0.717) is 11.2 Å². The van der Waals surface area contributed by atoms with Gasteiger partial charge in [0.15, 0.2) is 5.16 Å². The Kier molecular flexibility index (Phi) is 5.16. The molecule has 1 unspecified atom stereocenters. The van der Waals surface area contributed by atoms with Crippen molar-refractivity contribution in [3.05, 3.63) is 35.7 Å². The molecule has 4 aliphatic carbocycles. The summed E-state index contributed by atoms with van der Waals surface area (Å²) >= 11 is 1.47. The van der Waals surface area contributed by atoms with Crippen LogP contribution in [0, 0.1) is 37.0 Å². The molecule has 1 heterocycles. The minimum Gasteiger partial charge on any atom is -0.352 e. The SMILES string of the molecule is Cc1cccc(-n2c(C)nnc2SCC(=O)NC(C)C23CC4CC(CC(C4)C2)C3)c1. The van der Waals surface area contributed by atoms with Gasteiger partial charge in [-0.2, -0.15) is 0 Å². The van der Waals surface area contributed by atoms with Crippen LogP contribution < -0.4 is 5.32 Å². The Labute approximate surface area is 183 Å². The van der Waals surface area contributed by atoms with E-state index < -0.39 is 0 Å². The fraction of sp³-hybridized carbons (Fsp3) is 0.625. The molecule has 4 saturated carbocycles. The van der Waals surface area contributed by atoms with Gasteiger partial charge in [-0.3, -0.25) is 9.36 Å². The number of aromatic nitrogens is 3. The number of benzene rings is 1. The Bertz CT molecular complexity index is 917. The van der Waals surface area contributed by atoms with E-state index in [0.717, 1.165) is 34.4 Å². The molecule has 0 radical (unpaired) electrons. The molecule has 6 rings (SSSR count). The summed E-state index contributed by atoms with van der Waals surface area (Å²) in [6.07, 6.45) is 8.24. The summed E-state index contributed by atoms with van der Waals surface area (Å²) in [7, 11) is 0. The Morgan fingerprint density at radius 3 is 2.47 bits per heavy atom. The Morgan fingerprint density at radius 1 is 1.17 bits per heavy atom. The molecular formula is C24H32N4OS. The van der Waals surface area contributed by atoms with Crippen molar-refractivity contribution in [3.63, 3.8) is 0 Å². The van der Waals surface area contributed by atoms with Crippen molar-refractivity contribution in [1.29, 1.82) is 0 Å². The number of aryl methyl sites for hydroxylation is 2. The molecule has 160 valence electrons. The van der Waals surface area contributed by atoms with Crippen molar-refractivity contribution in [2.45, 2.75) is 70.5 Å². The fourth-order valence-electron chi connectivity index (χ4n) is 6.78. The van der Waals surface area contributed by atoms with Crippen LogP contribution in [-0.2, 0) is 4.79 Å². The van der Waals surface area contributed by atoms with Crippen LogP contribution in [0.15, 0.2) is 29.4 Å². The Balaban J connectivity index is 1.23. The summed E-state index contributed by atoms with van der Waals surface area (Å²) in [6, 6.07) is 8.56. The van der Waals surface area contributed by atoms with E-state index in [4.69, 9.17) is 0 Å². The summed E-state index contributed by atoms with van der Waals surface area (Å²) in [5, 5.41) is 12.7. The average molecular weight is 425 g/mol. The van der Waals surface area contributed by atoms with Crippen molar-refractivity contribution in [2.75, 3.05) is 5.75 Å². The minimum atomic E-state index is 0.111. The van der Waals surface area contributed by atoms with Crippen LogP contribution in [0.3, 0.4) is 0 Å². The molecule has 1 N–H and O–H groups in total. The Hall–Kier alpha value is -1.82. The van der Waals surface area contributed by atoms with Crippen LogP contribution in [0.5, 0.6) is 0 Å². The lowest BCUT2D eigenvalue weighted by Gasteiger charge is -2.59. The van der Waals surface area contributed by atoms with Gasteiger partial charge in [-0.25, -0.2) is 0 Å². The highest BCUT2D eigenvalue weighted by molar-refractivity contribution is 7.99. The second kappa shape index (κ2) is 7.70. The van der Waals surface area contributed by atoms with Crippen LogP contribution in [0.4, 0.5) is 0 Å². The van der Waals surface area contributed by atoms with Crippen molar-refractivity contribution in [1.82, 2.24) is 20.1 Å². The fourth-order valence-corrected chi connectivity index (χ4v) is 7.58. The molecule has 0 saturated heterocycles. The van der Waals surface area contributed by atoms with Gasteiger partial charge < -0.3 is 5.32 Å². The molecule has 1 amide bonds. The third kappa shape index (κ3) is 3.68. The lowest BCUT2D eigenvalue weighted by molar-refractivity contribution is -0.123. The van der Waals surface area contributed by atoms with E-state index in [2.05, 4.69) is 47.6 Å². The second-order valence-electron chi connectivity index (χ2n) is 10.1. The largest absolute Gasteiger partial charge is 0.352 e. The van der Waals surface area contributed by atoms with E-state index in [1.807, 2.05) is 17.6 Å². The molecule has 30 heavy (non-hydrogen) atoms. The van der Waals surface area contributed by atoms with Crippen molar-refractivity contribution >= 4 is 17.7 Å². The van der Waals surface area contributed by atoms with Gasteiger partial charge in [0, 0.05) is 11.7 Å². The maximum absolute atomic E-state index is 12.8. The highest BCUT2D eigenvalue weighted by Gasteiger charge is 2.53. The predicted octanol–water partition coefficient (Wildman–Crippen LogP) is 4.70. The average Bonchev–Trinajstić information content (AvgIpc) is 3.06. The number of carbonyl (C=O) groups is 1. The molecule has 5 nitrogen and oxygen atoms in total. The molecule has 6 heteroatoms. The van der Waals surface area contributed by atoms with Crippen molar-refractivity contribution < 1.29 is 4.79 Å². The number of hydrogen-bond donors (Lipinski definition) is 1. The number of thioether (sulfide) groups is 1. The molecule has 4 fully saturated rings. The Morgan fingerprint density at radius 2 is 1.83 bits per heavy atom. The monoisotopic (exact) mass is 424 g/mol. The van der Waals surface area contributed by atoms with Gasteiger partial charge in [0.2, 0.25) is 5.91 Å². The van der Waals surface area contributed by atoms with Crippen LogP contribution in [0.1, 0.15) is 56.8 Å². The lowest BCUT2D eigenvalue weighted by atomic mass is 9.48. The first-order valence-electron chi connectivity index (χ1n) is 11.3. The maximum Gasteiger partial charge on any atom is 0.230 e. The first-order chi connectivity index (χ1) is 14.4. The lowest BCUT2D eigenvalue weighted by Crippen LogP contribution is -2.56. The summed E-state index contributed by atoms with van der Waals surface area (Å²) in [4.78, 5) is 12.8. The predicted molar refractivity (Wildman–Crippen MR) is 120 cm³/mol. The maximum atomic E-state index is 12.8. The summed E-state index contributed by atoms with van der Waals surface area (Å²) < 4.78 is 2.04. The topological polar surface area (TPSA) is 59.8 Å². The van der Waals surface area contributed by atoms with Gasteiger partial charge in [-0.1, -0.05) is 23.9 Å². The van der Waals surface area contributed by atoms with Crippen LogP contribution in [0.2, 0.25) is 0 Å². The van der Waals surface area contributed by atoms with Gasteiger partial charge in [-0.05, 0) is 100 Å². The van der Waals surface area contributed by atoms with Crippen molar-refractivity contribution in [2.24, 2.45) is 23.2 Å². The summed E-state index contributed by atoms with van der Waals surface area (Å²) in [6.45, 7) is 6.28. The molecule has 1 atom stereocenters. The van der Waals surface area contributed by atoms with Gasteiger partial charge in [0.1, 0.15) is 5.82 Å². The number of nitrogens with one attached hydrogen (secondary N) is 1. The van der Waals surface area contributed by atoms with Gasteiger partial charge in [-0.15, -0.1) is 10.2 Å². The van der Waals surface area contributed by atoms with Gasteiger partial charge in [0.25, 0.3) is 0 Å². The number of nitrogens with zero attached hydrogens (tertiary/aromatic N) is 3. The van der Waals surface area contributed by atoms with Gasteiger partial charge in [0.05, 0.1) is 5.75 Å². The molecule has 0 aliphatic heterocycles. The number of carbonyl (C=O) groups excluding carboxylic acids is 1. The third-order valence-electron chi connectivity index (χ3n) is 7.77. The van der Waals surface area contributed by atoms with E-state index in [9.17, 15) is 4.79 Å². The molecule has 1 aromatic heterocycles. The number of amides is 1. The highest BCUT2D eigenvalue weighted by atomic mass is 32.2. The normalized spacial score (nSPS) is 30.4. The molecule has 0 spiro atoms. The summed E-state index contributed by atoms with van der Waals surface area (Å²) in [5.41, 5.74) is 2.58. The van der Waals surface area contributed by atoms with Crippen LogP contribution in [-0.4, -0.2) is 32.5 Å². The standard InChI is InChI=1S/C24H32N4OS/c1-15-5-4-6-21(7-15)28-17(3)26-27-23(28)30-14-22(29)25-16(2)24-11-18-8-19(12-24)10-20(9-18)13-24/h4-7,16,18-20H,8-14H2,1-3H3,(H,25,29). The molecule has 1 aromatic carbocycles. The first kappa shape index (κ1) is 20.1. The van der Waals surface area contributed by atoms with E-state index in [1.165, 1.54) is 55.9 Å². The van der Waals surface area contributed by atoms with Crippen LogP contribution in [0.25, 0.3) is 5.69 Å². The van der Waals surface area contributed by atoms with E-state index in [-0.39, 0.29) is 11.9 Å². The summed E-state index contributed by atoms with van der Waals surface area (Å²) in [5.74, 6) is 4.04. The highest BCUT2D eigenvalue weighted by Crippen LogP contribution is 2.61. The third-order valence-corrected chi connectivity index (χ3v) is 8.70. The second-order valence-corrected chi connectivity index (χ2v) is 11.0. The zero-order valence-corrected chi connectivity index (χ0v) is 19.0. The molecule has 4 aliphatic rings. The minimum absolute atomic E-state index is 0.111. The van der Waals surface area contributed by atoms with Crippen molar-refractivity contribution in [3.8, 4) is 5.69 Å². The molecule has 4 bridgehead atoms. The zero-order valence-electron chi connectivity index (χ0n) is 18.2. The zero-order chi connectivity index (χ0) is 20.9. The van der Waals surface area contributed by atoms with E-state index >= 15 is 0 Å². The number of rotatable bonds is 6. The number of hydrogen-bond acceptors (Lipinski definition) is 4. The smallest absolute Gasteiger partial charge is 0.230 e. The van der Waals surface area contributed by atoms with E-state index in [1.54, 1.807) is 0 Å². The quantitative estimate of drug-likeness (QED) is 0.683. The van der Waals surface area contributed by atoms with Crippen LogP contribution >= 0.6 is 11.8 Å².